The van der Waals surface area contributed by atoms with Gasteiger partial charge in [0, 0.05) is 28.7 Å². The van der Waals surface area contributed by atoms with Gasteiger partial charge in [0.2, 0.25) is 11.8 Å². The van der Waals surface area contributed by atoms with E-state index in [1.54, 1.807) is 18.2 Å². The third kappa shape index (κ3) is 7.94. The highest BCUT2D eigenvalue weighted by Crippen LogP contribution is 2.27. The van der Waals surface area contributed by atoms with Crippen LogP contribution in [0, 0.1) is 11.7 Å². The van der Waals surface area contributed by atoms with Gasteiger partial charge in [0.1, 0.15) is 18.4 Å². The van der Waals surface area contributed by atoms with E-state index in [4.69, 9.17) is 23.2 Å². The van der Waals surface area contributed by atoms with Gasteiger partial charge in [-0.25, -0.2) is 12.8 Å². The number of carbonyl (C=O) groups excluding carboxylic acids is 2. The molecule has 0 heterocycles. The Labute approximate surface area is 238 Å². The first-order valence-electron chi connectivity index (χ1n) is 12.2. The monoisotopic (exact) mass is 593 g/mol. The lowest BCUT2D eigenvalue weighted by molar-refractivity contribution is -0.139. The van der Waals surface area contributed by atoms with Crippen LogP contribution < -0.4 is 9.62 Å². The summed E-state index contributed by atoms with van der Waals surface area (Å²) in [5, 5.41) is 3.39. The highest BCUT2D eigenvalue weighted by atomic mass is 35.5. The molecule has 1 atom stereocenters. The second-order valence-corrected chi connectivity index (χ2v) is 12.1. The molecule has 0 saturated heterocycles. The quantitative estimate of drug-likeness (QED) is 0.317. The lowest BCUT2D eigenvalue weighted by atomic mass is 10.1. The van der Waals surface area contributed by atoms with Crippen molar-refractivity contribution >= 4 is 50.7 Å². The smallest absolute Gasteiger partial charge is 0.264 e. The number of benzene rings is 3. The summed E-state index contributed by atoms with van der Waals surface area (Å²) >= 11 is 12.1. The van der Waals surface area contributed by atoms with Crippen molar-refractivity contribution in [2.24, 2.45) is 5.92 Å². The number of halogens is 3. The van der Waals surface area contributed by atoms with Gasteiger partial charge in [-0.2, -0.15) is 0 Å². The molecule has 0 aromatic heterocycles. The Bertz CT molecular complexity index is 1420. The highest BCUT2D eigenvalue weighted by molar-refractivity contribution is 7.92. The molecule has 3 aromatic rings. The molecule has 3 rings (SSSR count). The van der Waals surface area contributed by atoms with E-state index >= 15 is 0 Å². The van der Waals surface area contributed by atoms with Crippen molar-refractivity contribution in [3.05, 3.63) is 94.2 Å². The number of amides is 2. The summed E-state index contributed by atoms with van der Waals surface area (Å²) in [4.78, 5) is 27.8. The average Bonchev–Trinajstić information content (AvgIpc) is 2.89. The van der Waals surface area contributed by atoms with E-state index in [1.807, 2.05) is 13.8 Å². The second-order valence-electron chi connectivity index (χ2n) is 9.37. The molecule has 0 aliphatic heterocycles. The molecule has 0 aliphatic rings. The van der Waals surface area contributed by atoms with E-state index in [-0.39, 0.29) is 33.6 Å². The van der Waals surface area contributed by atoms with Gasteiger partial charge in [0.25, 0.3) is 10.0 Å². The normalized spacial score (nSPS) is 12.2. The Kier molecular flexibility index (Phi) is 10.4. The predicted molar refractivity (Wildman–Crippen MR) is 152 cm³/mol. The van der Waals surface area contributed by atoms with Gasteiger partial charge in [0.15, 0.2) is 0 Å². The Morgan fingerprint density at radius 1 is 0.923 bits per heavy atom. The number of hydrogen-bond donors (Lipinski definition) is 1. The first-order valence-corrected chi connectivity index (χ1v) is 14.4. The third-order valence-corrected chi connectivity index (χ3v) is 8.20. The molecule has 2 amide bonds. The van der Waals surface area contributed by atoms with Gasteiger partial charge in [0.05, 0.1) is 10.6 Å². The fourth-order valence-corrected chi connectivity index (χ4v) is 5.46. The maximum Gasteiger partial charge on any atom is 0.264 e. The van der Waals surface area contributed by atoms with Crippen molar-refractivity contribution < 1.29 is 22.4 Å². The number of nitrogens with zero attached hydrogens (tertiary/aromatic N) is 2. The van der Waals surface area contributed by atoms with Crippen LogP contribution in [-0.4, -0.2) is 44.3 Å². The van der Waals surface area contributed by atoms with Gasteiger partial charge >= 0.3 is 0 Å². The Morgan fingerprint density at radius 2 is 1.59 bits per heavy atom. The van der Waals surface area contributed by atoms with Crippen LogP contribution in [0.2, 0.25) is 10.0 Å². The number of nitrogens with one attached hydrogen (secondary N) is 1. The molecule has 0 saturated carbocycles. The van der Waals surface area contributed by atoms with Gasteiger partial charge in [-0.3, -0.25) is 13.9 Å². The summed E-state index contributed by atoms with van der Waals surface area (Å²) in [7, 11) is -4.27. The number of hydrogen-bond acceptors (Lipinski definition) is 4. The maximum atomic E-state index is 14.6. The minimum absolute atomic E-state index is 0.0944. The molecule has 7 nitrogen and oxygen atoms in total. The lowest BCUT2D eigenvalue weighted by Gasteiger charge is -2.32. The fourth-order valence-electron chi connectivity index (χ4n) is 3.74. The minimum Gasteiger partial charge on any atom is -0.354 e. The third-order valence-electron chi connectivity index (χ3n) is 5.93. The number of rotatable bonds is 11. The summed E-state index contributed by atoms with van der Waals surface area (Å²) in [6.45, 7) is 4.85. The molecule has 0 aliphatic carbocycles. The summed E-state index contributed by atoms with van der Waals surface area (Å²) in [6.07, 6.45) is 0. The maximum absolute atomic E-state index is 14.6. The van der Waals surface area contributed by atoms with Crippen LogP contribution in [0.5, 0.6) is 0 Å². The van der Waals surface area contributed by atoms with E-state index in [0.717, 1.165) is 4.31 Å². The molecule has 0 spiro atoms. The zero-order valence-corrected chi connectivity index (χ0v) is 24.1. The molecule has 1 N–H and O–H groups in total. The molecule has 0 bridgehead atoms. The Balaban J connectivity index is 2.02. The summed E-state index contributed by atoms with van der Waals surface area (Å²) in [6, 6.07) is 16.5. The molecule has 208 valence electrons. The lowest BCUT2D eigenvalue weighted by Crippen LogP contribution is -2.51. The summed E-state index contributed by atoms with van der Waals surface area (Å²) in [5.41, 5.74) is 0.331. The topological polar surface area (TPSA) is 86.8 Å². The van der Waals surface area contributed by atoms with E-state index in [9.17, 15) is 22.4 Å². The van der Waals surface area contributed by atoms with E-state index in [0.29, 0.717) is 11.6 Å². The molecule has 0 unspecified atom stereocenters. The first-order chi connectivity index (χ1) is 18.4. The summed E-state index contributed by atoms with van der Waals surface area (Å²) in [5.74, 6) is -1.53. The van der Waals surface area contributed by atoms with Crippen LogP contribution in [0.4, 0.5) is 10.1 Å². The SMILES string of the molecule is CC(C)CNC(=O)[C@@H](C)N(Cc1ccccc1F)C(=O)CN(c1cccc(Cl)c1)S(=O)(=O)c1ccc(Cl)cc1. The van der Waals surface area contributed by atoms with Crippen molar-refractivity contribution in [3.8, 4) is 0 Å². The Hall–Kier alpha value is -3.14. The molecular weight excluding hydrogens is 564 g/mol. The van der Waals surface area contributed by atoms with Crippen LogP contribution in [0.3, 0.4) is 0 Å². The Morgan fingerprint density at radius 3 is 2.21 bits per heavy atom. The number of carbonyl (C=O) groups is 2. The number of anilines is 1. The van der Waals surface area contributed by atoms with Crippen LogP contribution in [0.25, 0.3) is 0 Å². The van der Waals surface area contributed by atoms with Crippen molar-refractivity contribution in [1.29, 1.82) is 0 Å². The van der Waals surface area contributed by atoms with Crippen molar-refractivity contribution in [2.45, 2.75) is 38.3 Å². The van der Waals surface area contributed by atoms with Crippen LogP contribution >= 0.6 is 23.2 Å². The molecule has 11 heteroatoms. The van der Waals surface area contributed by atoms with Gasteiger partial charge in [-0.1, -0.05) is 61.3 Å². The molecule has 0 fully saturated rings. The first kappa shape index (κ1) is 30.4. The molecular formula is C28H30Cl2FN3O4S. The number of sulfonamides is 1. The second kappa shape index (κ2) is 13.3. The standard InChI is InChI=1S/C28H30Cl2FN3O4S/c1-19(2)16-32-28(36)20(3)33(17-21-7-4-5-10-26(21)31)27(35)18-34(24-9-6-8-23(30)15-24)39(37,38)25-13-11-22(29)12-14-25/h4-15,19-20H,16-18H2,1-3H3,(H,32,36)/t20-/m1/s1. The van der Waals surface area contributed by atoms with E-state index < -0.39 is 40.2 Å². The van der Waals surface area contributed by atoms with Gasteiger partial charge in [-0.05, 0) is 61.4 Å². The van der Waals surface area contributed by atoms with Crippen molar-refractivity contribution in [3.63, 3.8) is 0 Å². The van der Waals surface area contributed by atoms with Crippen molar-refractivity contribution in [2.75, 3.05) is 17.4 Å². The molecule has 3 aromatic carbocycles. The predicted octanol–water partition coefficient (Wildman–Crippen LogP) is 5.52. The van der Waals surface area contributed by atoms with Crippen LogP contribution in [0.1, 0.15) is 26.3 Å². The summed E-state index contributed by atoms with van der Waals surface area (Å²) < 4.78 is 43.0. The average molecular weight is 595 g/mol. The fraction of sp³-hybridized carbons (Fsp3) is 0.286. The van der Waals surface area contributed by atoms with Gasteiger partial charge < -0.3 is 10.2 Å². The van der Waals surface area contributed by atoms with Crippen LogP contribution in [-0.2, 0) is 26.2 Å². The van der Waals surface area contributed by atoms with E-state index in [2.05, 4.69) is 5.32 Å². The van der Waals surface area contributed by atoms with Gasteiger partial charge in [-0.15, -0.1) is 0 Å². The largest absolute Gasteiger partial charge is 0.354 e. The molecule has 39 heavy (non-hydrogen) atoms. The van der Waals surface area contributed by atoms with Crippen molar-refractivity contribution in [1.82, 2.24) is 10.2 Å². The zero-order chi connectivity index (χ0) is 28.7. The van der Waals surface area contributed by atoms with Crippen LogP contribution in [0.15, 0.2) is 77.7 Å². The highest BCUT2D eigenvalue weighted by Gasteiger charge is 2.33. The van der Waals surface area contributed by atoms with E-state index in [1.165, 1.54) is 66.4 Å². The zero-order valence-electron chi connectivity index (χ0n) is 21.8. The minimum atomic E-state index is -4.27. The molecule has 0 radical (unpaired) electrons.